The van der Waals surface area contributed by atoms with E-state index in [1.807, 2.05) is 12.2 Å². The van der Waals surface area contributed by atoms with E-state index in [9.17, 15) is 0 Å². The molecule has 0 aromatic heterocycles. The fourth-order valence-electron chi connectivity index (χ4n) is 0.983. The highest BCUT2D eigenvalue weighted by molar-refractivity contribution is 5.79. The number of hydrogen-bond donors (Lipinski definition) is 0. The van der Waals surface area contributed by atoms with E-state index in [1.165, 1.54) is 11.1 Å². The van der Waals surface area contributed by atoms with Gasteiger partial charge in [0.1, 0.15) is 0 Å². The molecule has 10 heavy (non-hydrogen) atoms. The van der Waals surface area contributed by atoms with Crippen LogP contribution in [0.2, 0.25) is 0 Å². The van der Waals surface area contributed by atoms with E-state index in [-0.39, 0.29) is 0 Å². The Bertz CT molecular complexity index is 290. The van der Waals surface area contributed by atoms with E-state index in [0.29, 0.717) is 0 Å². The molecular formula is C10H8. The molecule has 0 radical (unpaired) electrons. The third-order valence-corrected chi connectivity index (χ3v) is 1.81. The van der Waals surface area contributed by atoms with Gasteiger partial charge in [-0.15, -0.1) is 0 Å². The third kappa shape index (κ3) is 0.623. The molecule has 0 fully saturated rings. The molecule has 48 valence electrons. The van der Waals surface area contributed by atoms with Crippen molar-refractivity contribution >= 4 is 0 Å². The summed E-state index contributed by atoms with van der Waals surface area (Å²) in [5.41, 5.74) is 5.75. The minimum absolute atomic E-state index is 1.09. The molecule has 0 spiro atoms. The van der Waals surface area contributed by atoms with E-state index < -0.39 is 0 Å². The lowest BCUT2D eigenvalue weighted by atomic mass is 10.1. The Morgan fingerprint density at radius 2 is 1.30 bits per heavy atom. The topological polar surface area (TPSA) is 0 Å². The molecule has 0 amide bonds. The molecule has 0 nitrogen and oxygen atoms in total. The van der Waals surface area contributed by atoms with Gasteiger partial charge < -0.3 is 0 Å². The monoisotopic (exact) mass is 128 g/mol. The Labute approximate surface area is 60.6 Å². The zero-order chi connectivity index (χ0) is 7.30. The fraction of sp³-hybridized carbons (Fsp3) is 0. The van der Waals surface area contributed by atoms with Crippen molar-refractivity contribution in [2.75, 3.05) is 0 Å². The van der Waals surface area contributed by atoms with Gasteiger partial charge in [-0.05, 0) is 40.0 Å². The maximum absolute atomic E-state index is 3.92. The predicted octanol–water partition coefficient (Wildman–Crippen LogP) is 2.54. The van der Waals surface area contributed by atoms with Crippen LogP contribution in [0.5, 0.6) is 0 Å². The summed E-state index contributed by atoms with van der Waals surface area (Å²) in [6.07, 6.45) is 4.07. The first-order valence-electron chi connectivity index (χ1n) is 3.22. The van der Waals surface area contributed by atoms with E-state index >= 15 is 0 Å². The van der Waals surface area contributed by atoms with Crippen molar-refractivity contribution in [3.05, 3.63) is 59.8 Å². The van der Waals surface area contributed by atoms with Crippen LogP contribution in [0.4, 0.5) is 0 Å². The Balaban J connectivity index is 2.15. The van der Waals surface area contributed by atoms with Crippen molar-refractivity contribution in [3.63, 3.8) is 0 Å². The van der Waals surface area contributed by atoms with E-state index in [1.54, 1.807) is 0 Å². The average molecular weight is 128 g/mol. The third-order valence-electron chi connectivity index (χ3n) is 1.81. The molecule has 2 aliphatic carbocycles. The molecule has 0 bridgehead atoms. The molecule has 0 aromatic carbocycles. The maximum Gasteiger partial charge on any atom is -0.0111 e. The second kappa shape index (κ2) is 1.40. The molecule has 0 heterocycles. The molecule has 2 aliphatic rings. The summed E-state index contributed by atoms with van der Waals surface area (Å²) in [5.74, 6) is 0. The summed E-state index contributed by atoms with van der Waals surface area (Å²) in [5, 5.41) is 0. The number of rotatable bonds is 2. The van der Waals surface area contributed by atoms with Gasteiger partial charge >= 0.3 is 0 Å². The van der Waals surface area contributed by atoms with Crippen LogP contribution < -0.4 is 0 Å². The van der Waals surface area contributed by atoms with Gasteiger partial charge in [-0.25, -0.2) is 0 Å². The lowest BCUT2D eigenvalue weighted by molar-refractivity contribution is 1.64. The zero-order valence-corrected chi connectivity index (χ0v) is 5.78. The standard InChI is InChI=1S/C10H8/c1-6-4-9(6)8(3)10-5-7(10)2/h4-5H,1-3H2. The van der Waals surface area contributed by atoms with Gasteiger partial charge in [-0.3, -0.25) is 0 Å². The van der Waals surface area contributed by atoms with Crippen LogP contribution in [-0.4, -0.2) is 0 Å². The summed E-state index contributed by atoms with van der Waals surface area (Å²) < 4.78 is 0. The van der Waals surface area contributed by atoms with E-state index in [0.717, 1.165) is 16.7 Å². The first kappa shape index (κ1) is 5.48. The van der Waals surface area contributed by atoms with E-state index in [2.05, 4.69) is 19.7 Å². The Morgan fingerprint density at radius 3 is 1.50 bits per heavy atom. The lowest BCUT2D eigenvalue weighted by Gasteiger charge is -1.89. The Morgan fingerprint density at radius 1 is 1.00 bits per heavy atom. The number of hydrogen-bond acceptors (Lipinski definition) is 0. The molecule has 0 atom stereocenters. The molecule has 0 unspecified atom stereocenters. The van der Waals surface area contributed by atoms with Gasteiger partial charge in [0.2, 0.25) is 0 Å². The zero-order valence-electron chi connectivity index (χ0n) is 5.78. The van der Waals surface area contributed by atoms with Gasteiger partial charge in [0.15, 0.2) is 0 Å². The van der Waals surface area contributed by atoms with Crippen LogP contribution in [0.15, 0.2) is 59.8 Å². The van der Waals surface area contributed by atoms with Crippen LogP contribution in [0, 0.1) is 0 Å². The molecule has 0 N–H and O–H groups in total. The van der Waals surface area contributed by atoms with Gasteiger partial charge in [0, 0.05) is 0 Å². The molecule has 0 saturated carbocycles. The van der Waals surface area contributed by atoms with Crippen molar-refractivity contribution in [2.24, 2.45) is 0 Å². The normalized spacial score (nSPS) is 20.0. The van der Waals surface area contributed by atoms with Crippen LogP contribution in [-0.2, 0) is 0 Å². The summed E-state index contributed by atoms with van der Waals surface area (Å²) in [7, 11) is 0. The SMILES string of the molecule is C=C1C=C1C(=C)C1=CC1=C. The highest BCUT2D eigenvalue weighted by Gasteiger charge is 2.25. The smallest absolute Gasteiger partial charge is 0.0111 e. The molecule has 2 rings (SSSR count). The average Bonchev–Trinajstić information content (AvgIpc) is 2.70. The van der Waals surface area contributed by atoms with Crippen LogP contribution >= 0.6 is 0 Å². The van der Waals surface area contributed by atoms with Crippen LogP contribution in [0.1, 0.15) is 0 Å². The maximum atomic E-state index is 3.92. The first-order valence-corrected chi connectivity index (χ1v) is 3.22. The van der Waals surface area contributed by atoms with Crippen LogP contribution in [0.25, 0.3) is 0 Å². The minimum Gasteiger partial charge on any atom is -0.0911 e. The Kier molecular flexibility index (Phi) is 0.769. The summed E-state index contributed by atoms with van der Waals surface area (Å²) in [6.45, 7) is 11.5. The Hall–Kier alpha value is -1.30. The highest BCUT2D eigenvalue weighted by atomic mass is 14.3. The van der Waals surface area contributed by atoms with Crippen molar-refractivity contribution in [2.45, 2.75) is 0 Å². The predicted molar refractivity (Wildman–Crippen MR) is 43.6 cm³/mol. The first-order chi connectivity index (χ1) is 4.70. The molecule has 0 aliphatic heterocycles. The molecule has 0 heteroatoms. The van der Waals surface area contributed by atoms with Crippen molar-refractivity contribution in [3.8, 4) is 0 Å². The quantitative estimate of drug-likeness (QED) is 0.536. The summed E-state index contributed by atoms with van der Waals surface area (Å²) >= 11 is 0. The second-order valence-electron chi connectivity index (χ2n) is 2.65. The molecule has 0 aromatic rings. The van der Waals surface area contributed by atoms with Crippen molar-refractivity contribution in [1.29, 1.82) is 0 Å². The van der Waals surface area contributed by atoms with Gasteiger partial charge in [-0.2, -0.15) is 0 Å². The lowest BCUT2D eigenvalue weighted by Crippen LogP contribution is -1.72. The van der Waals surface area contributed by atoms with Gasteiger partial charge in [-0.1, -0.05) is 19.7 Å². The van der Waals surface area contributed by atoms with Crippen LogP contribution in [0.3, 0.4) is 0 Å². The molecular weight excluding hydrogens is 120 g/mol. The van der Waals surface area contributed by atoms with Crippen molar-refractivity contribution < 1.29 is 0 Å². The van der Waals surface area contributed by atoms with Gasteiger partial charge in [0.25, 0.3) is 0 Å². The van der Waals surface area contributed by atoms with E-state index in [4.69, 9.17) is 0 Å². The minimum atomic E-state index is 1.09. The summed E-state index contributed by atoms with van der Waals surface area (Å²) in [4.78, 5) is 0. The van der Waals surface area contributed by atoms with Gasteiger partial charge in [0.05, 0.1) is 0 Å². The summed E-state index contributed by atoms with van der Waals surface area (Å²) in [6, 6.07) is 0. The number of allylic oxidation sites excluding steroid dienone is 7. The largest absolute Gasteiger partial charge is 0.0911 e. The second-order valence-corrected chi connectivity index (χ2v) is 2.65. The fourth-order valence-corrected chi connectivity index (χ4v) is 0.983. The molecule has 0 saturated heterocycles. The highest BCUT2D eigenvalue weighted by Crippen LogP contribution is 2.43. The van der Waals surface area contributed by atoms with Crippen molar-refractivity contribution in [1.82, 2.24) is 0 Å².